The molecule has 2 bridgehead atoms. The van der Waals surface area contributed by atoms with E-state index in [2.05, 4.69) is 4.90 Å². The van der Waals surface area contributed by atoms with Crippen LogP contribution in [0.2, 0.25) is 10.0 Å². The molecular weight excluding hydrogens is 255 g/mol. The van der Waals surface area contributed by atoms with E-state index in [4.69, 9.17) is 28.2 Å². The van der Waals surface area contributed by atoms with Gasteiger partial charge in [-0.1, -0.05) is 23.2 Å². The van der Waals surface area contributed by atoms with Gasteiger partial charge < -0.3 is 4.90 Å². The zero-order valence-corrected chi connectivity index (χ0v) is 10.8. The van der Waals surface area contributed by atoms with E-state index in [9.17, 15) is 0 Å². The number of fused-ring (bicyclic) bond motifs is 6. The number of benzene rings is 1. The van der Waals surface area contributed by atoms with Gasteiger partial charge in [-0.2, -0.15) is 0 Å². The molecule has 0 aromatic heterocycles. The van der Waals surface area contributed by atoms with E-state index in [0.29, 0.717) is 22.0 Å². The Labute approximate surface area is 110 Å². The molecule has 0 N–H and O–H groups in total. The minimum atomic E-state index is 0.667. The quantitative estimate of drug-likeness (QED) is 0.693. The van der Waals surface area contributed by atoms with Gasteiger partial charge in [0.2, 0.25) is 0 Å². The van der Waals surface area contributed by atoms with Crippen molar-refractivity contribution in [3.05, 3.63) is 27.7 Å². The third kappa shape index (κ3) is 1.37. The summed E-state index contributed by atoms with van der Waals surface area (Å²) in [7, 11) is 0. The predicted molar refractivity (Wildman–Crippen MR) is 70.2 cm³/mol. The molecule has 17 heavy (non-hydrogen) atoms. The van der Waals surface area contributed by atoms with Crippen LogP contribution in [0.3, 0.4) is 0 Å². The Morgan fingerprint density at radius 1 is 1.24 bits per heavy atom. The molecule has 2 unspecified atom stereocenters. The molecule has 1 aliphatic carbocycles. The van der Waals surface area contributed by atoms with Gasteiger partial charge >= 0.3 is 0 Å². The molecule has 1 saturated carbocycles. The Morgan fingerprint density at radius 2 is 2.12 bits per heavy atom. The van der Waals surface area contributed by atoms with E-state index in [-0.39, 0.29) is 0 Å². The highest BCUT2D eigenvalue weighted by atomic mass is 35.5. The van der Waals surface area contributed by atoms with E-state index in [0.717, 1.165) is 12.2 Å². The zero-order valence-electron chi connectivity index (χ0n) is 9.29. The molecule has 0 amide bonds. The Hall–Kier alpha value is -0.730. The lowest BCUT2D eigenvalue weighted by Gasteiger charge is -2.34. The first kappa shape index (κ1) is 10.2. The Morgan fingerprint density at radius 3 is 3.00 bits per heavy atom. The van der Waals surface area contributed by atoms with Crippen LogP contribution in [0.5, 0.6) is 0 Å². The number of hydrogen-bond donors (Lipinski definition) is 0. The summed E-state index contributed by atoms with van der Waals surface area (Å²) in [5.74, 6) is 1.93. The summed E-state index contributed by atoms with van der Waals surface area (Å²) in [5, 5.41) is 1.39. The van der Waals surface area contributed by atoms with Crippen LogP contribution in [0.15, 0.2) is 17.1 Å². The maximum atomic E-state index is 6.23. The average Bonchev–Trinajstić information content (AvgIpc) is 2.87. The van der Waals surface area contributed by atoms with E-state index in [1.54, 1.807) is 6.07 Å². The van der Waals surface area contributed by atoms with Gasteiger partial charge in [0.25, 0.3) is 0 Å². The molecule has 1 aromatic carbocycles. The molecule has 88 valence electrons. The van der Waals surface area contributed by atoms with Crippen LogP contribution < -0.4 is 0 Å². The molecular formula is C13H12Cl2N2. The van der Waals surface area contributed by atoms with E-state index in [1.807, 2.05) is 6.07 Å². The first-order chi connectivity index (χ1) is 8.22. The number of aliphatic imine (C=N–C) groups is 1. The third-order valence-corrected chi connectivity index (χ3v) is 4.69. The van der Waals surface area contributed by atoms with Gasteiger partial charge in [-0.15, -0.1) is 0 Å². The standard InChI is InChI=1S/C13H12Cl2N2/c14-9-3-8-6-17-10-2-1-7(4-10)13(17)16-12(8)11(15)5-9/h3,5,7,10H,1-2,4,6H2. The van der Waals surface area contributed by atoms with Gasteiger partial charge in [-0.3, -0.25) is 0 Å². The second-order valence-corrected chi connectivity index (χ2v) is 6.00. The summed E-state index contributed by atoms with van der Waals surface area (Å²) >= 11 is 12.3. The van der Waals surface area contributed by atoms with E-state index >= 15 is 0 Å². The van der Waals surface area contributed by atoms with Crippen molar-refractivity contribution in [3.63, 3.8) is 0 Å². The van der Waals surface area contributed by atoms with Crippen LogP contribution in [0.4, 0.5) is 5.69 Å². The summed E-state index contributed by atoms with van der Waals surface area (Å²) in [4.78, 5) is 7.23. The molecule has 0 spiro atoms. The van der Waals surface area contributed by atoms with Crippen molar-refractivity contribution in [3.8, 4) is 0 Å². The fraction of sp³-hybridized carbons (Fsp3) is 0.462. The van der Waals surface area contributed by atoms with Crippen LogP contribution in [0, 0.1) is 5.92 Å². The largest absolute Gasteiger partial charge is 0.352 e. The van der Waals surface area contributed by atoms with Gasteiger partial charge in [0.1, 0.15) is 5.84 Å². The highest BCUT2D eigenvalue weighted by Gasteiger charge is 2.44. The van der Waals surface area contributed by atoms with Crippen molar-refractivity contribution in [2.45, 2.75) is 31.8 Å². The lowest BCUT2D eigenvalue weighted by atomic mass is 10.0. The van der Waals surface area contributed by atoms with Crippen molar-refractivity contribution in [2.24, 2.45) is 10.9 Å². The van der Waals surface area contributed by atoms with Gasteiger partial charge in [0.05, 0.1) is 10.7 Å². The van der Waals surface area contributed by atoms with Crippen LogP contribution in [0.25, 0.3) is 0 Å². The minimum Gasteiger partial charge on any atom is -0.352 e. The maximum absolute atomic E-state index is 6.23. The topological polar surface area (TPSA) is 15.6 Å². The smallest absolute Gasteiger partial charge is 0.109 e. The van der Waals surface area contributed by atoms with Gasteiger partial charge in [-0.25, -0.2) is 4.99 Å². The van der Waals surface area contributed by atoms with Crippen LogP contribution >= 0.6 is 23.2 Å². The normalized spacial score (nSPS) is 29.1. The van der Waals surface area contributed by atoms with E-state index in [1.165, 1.54) is 30.7 Å². The van der Waals surface area contributed by atoms with Gasteiger partial charge in [-0.05, 0) is 31.4 Å². The molecule has 2 atom stereocenters. The highest BCUT2D eigenvalue weighted by molar-refractivity contribution is 6.36. The van der Waals surface area contributed by atoms with Gasteiger partial charge in [0, 0.05) is 29.1 Å². The Balaban J connectivity index is 1.88. The number of rotatable bonds is 0. The summed E-state index contributed by atoms with van der Waals surface area (Å²) in [6.45, 7) is 0.926. The fourth-order valence-corrected chi connectivity index (χ4v) is 4.00. The number of nitrogens with zero attached hydrogens (tertiary/aromatic N) is 2. The second kappa shape index (κ2) is 3.39. The third-order valence-electron chi connectivity index (χ3n) is 4.18. The van der Waals surface area contributed by atoms with Gasteiger partial charge in [0.15, 0.2) is 0 Å². The van der Waals surface area contributed by atoms with Crippen molar-refractivity contribution < 1.29 is 0 Å². The number of piperidine rings is 1. The second-order valence-electron chi connectivity index (χ2n) is 5.16. The molecule has 3 aliphatic rings. The fourth-order valence-electron chi connectivity index (χ4n) is 3.43. The average molecular weight is 267 g/mol. The monoisotopic (exact) mass is 266 g/mol. The summed E-state index contributed by atoms with van der Waals surface area (Å²) in [5.41, 5.74) is 2.11. The Kier molecular flexibility index (Phi) is 2.04. The lowest BCUT2D eigenvalue weighted by molar-refractivity contribution is 0.317. The number of hydrogen-bond acceptors (Lipinski definition) is 2. The van der Waals surface area contributed by atoms with Crippen LogP contribution in [-0.4, -0.2) is 16.8 Å². The first-order valence-electron chi connectivity index (χ1n) is 6.05. The minimum absolute atomic E-state index is 0.667. The molecule has 2 heterocycles. The van der Waals surface area contributed by atoms with Crippen molar-refractivity contribution >= 4 is 34.7 Å². The van der Waals surface area contributed by atoms with Crippen molar-refractivity contribution in [1.29, 1.82) is 0 Å². The molecule has 2 aliphatic heterocycles. The molecule has 1 saturated heterocycles. The van der Waals surface area contributed by atoms with Crippen LogP contribution in [-0.2, 0) is 6.54 Å². The van der Waals surface area contributed by atoms with Crippen LogP contribution in [0.1, 0.15) is 24.8 Å². The molecule has 4 rings (SSSR count). The first-order valence-corrected chi connectivity index (χ1v) is 6.81. The predicted octanol–water partition coefficient (Wildman–Crippen LogP) is 4.02. The summed E-state index contributed by atoms with van der Waals surface area (Å²) in [6, 6.07) is 4.48. The molecule has 4 heteroatoms. The lowest BCUT2D eigenvalue weighted by Crippen LogP contribution is -2.38. The summed E-state index contributed by atoms with van der Waals surface area (Å²) in [6.07, 6.45) is 3.88. The SMILES string of the molecule is Clc1cc(Cl)c2c(c1)CN1C(=N2)C2CCC1C2. The molecule has 2 fully saturated rings. The highest BCUT2D eigenvalue weighted by Crippen LogP contribution is 2.46. The molecule has 0 radical (unpaired) electrons. The maximum Gasteiger partial charge on any atom is 0.109 e. The zero-order chi connectivity index (χ0) is 11.6. The van der Waals surface area contributed by atoms with Crippen molar-refractivity contribution in [1.82, 2.24) is 4.90 Å². The van der Waals surface area contributed by atoms with E-state index < -0.39 is 0 Å². The number of halogens is 2. The molecule has 1 aromatic rings. The molecule has 2 nitrogen and oxygen atoms in total. The van der Waals surface area contributed by atoms with Crippen molar-refractivity contribution in [2.75, 3.05) is 0 Å². The Bertz CT molecular complexity index is 538. The number of amidine groups is 1. The summed E-state index contributed by atoms with van der Waals surface area (Å²) < 4.78 is 0.